The summed E-state index contributed by atoms with van der Waals surface area (Å²) < 4.78 is 34.8. The number of likely N-dealkylation sites (N-methyl/N-ethyl adjacent to an activating group) is 1. The molecule has 0 amide bonds. The Kier molecular flexibility index (Phi) is 8.52. The Labute approximate surface area is 295 Å². The molecular formula is C42H44ClN2O3S+. The third-order valence-electron chi connectivity index (χ3n) is 10.8. The maximum absolute atomic E-state index is 11.6. The Balaban J connectivity index is 1.24. The zero-order chi connectivity index (χ0) is 34.7. The molecule has 0 saturated heterocycles. The SMILES string of the molecule is CCN1/C(=C\CC2=C(Cl)C(=C=CC3=[N+](CCCS(=O)(=O)O)c4ccc5ccccc5c4C3(C)C)CC2)C(C)(C)c2c1ccc1ccccc21. The highest BCUT2D eigenvalue weighted by Crippen LogP contribution is 2.51. The second-order valence-corrected chi connectivity index (χ2v) is 16.5. The van der Waals surface area contributed by atoms with E-state index in [1.54, 1.807) is 0 Å². The van der Waals surface area contributed by atoms with E-state index in [9.17, 15) is 13.0 Å². The van der Waals surface area contributed by atoms with Gasteiger partial charge in [-0.05, 0) is 84.8 Å². The van der Waals surface area contributed by atoms with Crippen molar-refractivity contribution in [2.45, 2.75) is 71.1 Å². The summed E-state index contributed by atoms with van der Waals surface area (Å²) in [5, 5.41) is 5.73. The van der Waals surface area contributed by atoms with Crippen molar-refractivity contribution in [2.75, 3.05) is 23.7 Å². The lowest BCUT2D eigenvalue weighted by molar-refractivity contribution is -0.437. The normalized spacial score (nSPS) is 19.0. The van der Waals surface area contributed by atoms with Gasteiger partial charge in [0.2, 0.25) is 5.69 Å². The van der Waals surface area contributed by atoms with E-state index in [0.29, 0.717) is 13.0 Å². The van der Waals surface area contributed by atoms with E-state index in [2.05, 4.69) is 129 Å². The van der Waals surface area contributed by atoms with Crippen LogP contribution in [0.5, 0.6) is 0 Å². The van der Waals surface area contributed by atoms with Gasteiger partial charge in [-0.3, -0.25) is 4.55 Å². The van der Waals surface area contributed by atoms with Gasteiger partial charge in [0.25, 0.3) is 10.1 Å². The Morgan fingerprint density at radius 3 is 2.22 bits per heavy atom. The molecule has 7 rings (SSSR count). The Morgan fingerprint density at radius 2 is 1.55 bits per heavy atom. The molecule has 7 heteroatoms. The molecule has 0 unspecified atom stereocenters. The van der Waals surface area contributed by atoms with Gasteiger partial charge in [-0.15, -0.1) is 5.73 Å². The van der Waals surface area contributed by atoms with Gasteiger partial charge >= 0.3 is 0 Å². The second kappa shape index (κ2) is 12.4. The fraction of sp³-hybridized carbons (Fsp3) is 0.333. The van der Waals surface area contributed by atoms with Crippen LogP contribution in [-0.4, -0.2) is 42.1 Å². The maximum atomic E-state index is 11.6. The summed E-state index contributed by atoms with van der Waals surface area (Å²) in [6.07, 6.45) is 7.25. The lowest BCUT2D eigenvalue weighted by atomic mass is 9.79. The summed E-state index contributed by atoms with van der Waals surface area (Å²) in [7, 11) is -4.06. The Morgan fingerprint density at radius 1 is 0.898 bits per heavy atom. The topological polar surface area (TPSA) is 60.6 Å². The minimum Gasteiger partial charge on any atom is -0.345 e. The van der Waals surface area contributed by atoms with Crippen LogP contribution in [0.4, 0.5) is 11.4 Å². The molecule has 0 atom stereocenters. The highest BCUT2D eigenvalue weighted by atomic mass is 35.5. The van der Waals surface area contributed by atoms with Crippen LogP contribution in [0.3, 0.4) is 0 Å². The van der Waals surface area contributed by atoms with Crippen molar-refractivity contribution in [3.63, 3.8) is 0 Å². The van der Waals surface area contributed by atoms with Gasteiger partial charge in [0.1, 0.15) is 6.54 Å². The van der Waals surface area contributed by atoms with E-state index in [1.807, 2.05) is 6.07 Å². The molecule has 0 saturated carbocycles. The molecule has 1 N–H and O–H groups in total. The van der Waals surface area contributed by atoms with Gasteiger partial charge in [-0.1, -0.05) is 86.1 Å². The third kappa shape index (κ3) is 5.79. The zero-order valence-electron chi connectivity index (χ0n) is 29.0. The van der Waals surface area contributed by atoms with E-state index in [4.69, 9.17) is 11.6 Å². The molecule has 0 bridgehead atoms. The number of anilines is 1. The summed E-state index contributed by atoms with van der Waals surface area (Å²) in [6, 6.07) is 25.8. The number of halogens is 1. The molecule has 0 radical (unpaired) electrons. The van der Waals surface area contributed by atoms with Crippen molar-refractivity contribution >= 4 is 60.4 Å². The molecule has 3 aliphatic rings. The van der Waals surface area contributed by atoms with Gasteiger partial charge in [0, 0.05) is 53.0 Å². The first-order valence-electron chi connectivity index (χ1n) is 17.3. The van der Waals surface area contributed by atoms with Crippen LogP contribution in [0.25, 0.3) is 21.5 Å². The maximum Gasteiger partial charge on any atom is 0.265 e. The molecule has 0 spiro atoms. The number of hydrogen-bond acceptors (Lipinski definition) is 3. The molecule has 4 aromatic rings. The first kappa shape index (κ1) is 33.6. The summed E-state index contributed by atoms with van der Waals surface area (Å²) in [4.78, 5) is 2.46. The third-order valence-corrected chi connectivity index (χ3v) is 12.1. The standard InChI is InChI=1S/C42H43ClN2O3S/c1-6-44-34-22-18-28-12-7-9-14-32(28)38(34)41(2,3)36(44)24-20-30-16-17-31(40(30)43)21-25-37-42(4,5)39-33-15-10-8-13-29(33)19-23-35(39)45(37)26-11-27-49(46,47)48/h7-10,12-15,18-19,22-25H,6,11,16-17,20,26-27H2,1-5H3/p+1/b36-24-. The van der Waals surface area contributed by atoms with Crippen molar-refractivity contribution < 1.29 is 17.5 Å². The van der Waals surface area contributed by atoms with Gasteiger partial charge in [0.15, 0.2) is 5.71 Å². The fourth-order valence-electron chi connectivity index (χ4n) is 8.50. The van der Waals surface area contributed by atoms with Gasteiger partial charge in [0.05, 0.1) is 16.2 Å². The first-order valence-corrected chi connectivity index (χ1v) is 19.3. The number of benzene rings is 4. The lowest BCUT2D eigenvalue weighted by Crippen LogP contribution is -2.28. The summed E-state index contributed by atoms with van der Waals surface area (Å²) >= 11 is 7.13. The number of fused-ring (bicyclic) bond motifs is 6. The Hall–Kier alpha value is -3.93. The summed E-state index contributed by atoms with van der Waals surface area (Å²) in [5.41, 5.74) is 12.6. The molecular weight excluding hydrogens is 648 g/mol. The van der Waals surface area contributed by atoms with E-state index < -0.39 is 10.1 Å². The first-order chi connectivity index (χ1) is 23.3. The van der Waals surface area contributed by atoms with Crippen molar-refractivity contribution in [1.82, 2.24) is 0 Å². The molecule has 49 heavy (non-hydrogen) atoms. The monoisotopic (exact) mass is 691 g/mol. The average molecular weight is 692 g/mol. The number of nitrogens with zero attached hydrogens (tertiary/aromatic N) is 2. The molecule has 0 aromatic heterocycles. The van der Waals surface area contributed by atoms with Crippen LogP contribution in [0.2, 0.25) is 0 Å². The van der Waals surface area contributed by atoms with Crippen LogP contribution < -0.4 is 4.90 Å². The van der Waals surface area contributed by atoms with Crippen LogP contribution in [0.15, 0.2) is 113 Å². The smallest absolute Gasteiger partial charge is 0.265 e. The van der Waals surface area contributed by atoms with Crippen molar-refractivity contribution in [1.29, 1.82) is 0 Å². The molecule has 2 aliphatic heterocycles. The highest BCUT2D eigenvalue weighted by Gasteiger charge is 2.46. The molecule has 252 valence electrons. The molecule has 5 nitrogen and oxygen atoms in total. The molecule has 1 aliphatic carbocycles. The Bertz CT molecular complexity index is 2300. The van der Waals surface area contributed by atoms with Crippen molar-refractivity contribution in [3.05, 3.63) is 124 Å². The van der Waals surface area contributed by atoms with E-state index >= 15 is 0 Å². The van der Waals surface area contributed by atoms with Gasteiger partial charge < -0.3 is 4.90 Å². The van der Waals surface area contributed by atoms with E-state index in [-0.39, 0.29) is 16.6 Å². The van der Waals surface area contributed by atoms with Crippen LogP contribution >= 0.6 is 11.6 Å². The minimum absolute atomic E-state index is 0.140. The van der Waals surface area contributed by atoms with Gasteiger partial charge in [-0.25, -0.2) is 0 Å². The highest BCUT2D eigenvalue weighted by molar-refractivity contribution is 7.85. The minimum atomic E-state index is -4.06. The van der Waals surface area contributed by atoms with E-state index in [0.717, 1.165) is 47.8 Å². The predicted octanol–water partition coefficient (Wildman–Crippen LogP) is 10.1. The summed E-state index contributed by atoms with van der Waals surface area (Å²) in [5.74, 6) is -0.286. The van der Waals surface area contributed by atoms with Crippen molar-refractivity contribution in [2.24, 2.45) is 0 Å². The van der Waals surface area contributed by atoms with Crippen molar-refractivity contribution in [3.8, 4) is 0 Å². The molecule has 0 fully saturated rings. The largest absolute Gasteiger partial charge is 0.345 e. The average Bonchev–Trinajstić information content (AvgIpc) is 3.61. The van der Waals surface area contributed by atoms with Gasteiger partial charge in [-0.2, -0.15) is 13.0 Å². The summed E-state index contributed by atoms with van der Waals surface area (Å²) in [6.45, 7) is 12.7. The van der Waals surface area contributed by atoms with Crippen LogP contribution in [0, 0.1) is 0 Å². The second-order valence-electron chi connectivity index (χ2n) is 14.5. The van der Waals surface area contributed by atoms with Crippen LogP contribution in [0.1, 0.15) is 71.4 Å². The number of allylic oxidation sites excluding steroid dienone is 5. The van der Waals surface area contributed by atoms with E-state index in [1.165, 1.54) is 49.6 Å². The molecule has 4 aromatic carbocycles. The number of rotatable bonds is 8. The fourth-order valence-corrected chi connectivity index (χ4v) is 9.31. The predicted molar refractivity (Wildman–Crippen MR) is 204 cm³/mol. The molecule has 2 heterocycles. The number of hydrogen-bond donors (Lipinski definition) is 1. The quantitative estimate of drug-likeness (QED) is 0.114. The zero-order valence-corrected chi connectivity index (χ0v) is 30.5. The lowest BCUT2D eigenvalue weighted by Gasteiger charge is -2.26. The van der Waals surface area contributed by atoms with Crippen LogP contribution in [-0.2, 0) is 20.9 Å².